The molecule has 0 radical (unpaired) electrons. The molecule has 22 heavy (non-hydrogen) atoms. The third kappa shape index (κ3) is 2.25. The molecule has 2 aromatic carbocycles. The van der Waals surface area contributed by atoms with Gasteiger partial charge >= 0.3 is 5.97 Å². The number of carbonyl (C=O) groups excluding carboxylic acids is 1. The molecule has 0 spiro atoms. The zero-order valence-corrected chi connectivity index (χ0v) is 13.0. The van der Waals surface area contributed by atoms with Gasteiger partial charge in [0.15, 0.2) is 0 Å². The maximum absolute atomic E-state index is 12.0. The predicted molar refractivity (Wildman–Crippen MR) is 87.5 cm³/mol. The minimum absolute atomic E-state index is 0.159. The van der Waals surface area contributed by atoms with Crippen LogP contribution in [-0.4, -0.2) is 13.1 Å². The number of hydrogen-bond donors (Lipinski definition) is 0. The molecule has 0 bridgehead atoms. The Hall–Kier alpha value is -2.35. The summed E-state index contributed by atoms with van der Waals surface area (Å²) in [5, 5.41) is 0. The Balaban J connectivity index is 2.15. The van der Waals surface area contributed by atoms with Crippen LogP contribution in [0.1, 0.15) is 24.5 Å². The van der Waals surface area contributed by atoms with E-state index >= 15 is 0 Å². The van der Waals surface area contributed by atoms with Crippen molar-refractivity contribution >= 4 is 5.97 Å². The molecular weight excluding hydrogens is 272 g/mol. The minimum atomic E-state index is -0.249. The van der Waals surface area contributed by atoms with Gasteiger partial charge in [-0.15, -0.1) is 0 Å². The highest BCUT2D eigenvalue weighted by molar-refractivity contribution is 5.77. The second-order valence-corrected chi connectivity index (χ2v) is 5.82. The maximum Gasteiger partial charge on any atom is 0.312 e. The first-order chi connectivity index (χ1) is 10.7. The van der Waals surface area contributed by atoms with Crippen LogP contribution in [0, 0.1) is 5.92 Å². The molecule has 0 aliphatic heterocycles. The van der Waals surface area contributed by atoms with Gasteiger partial charge in [-0.05, 0) is 24.5 Å². The average Bonchev–Trinajstić information content (AvgIpc) is 2.94. The maximum atomic E-state index is 12.0. The van der Waals surface area contributed by atoms with Gasteiger partial charge in [-0.2, -0.15) is 0 Å². The molecule has 2 nitrogen and oxygen atoms in total. The molecule has 0 fully saturated rings. The number of rotatable bonds is 3. The van der Waals surface area contributed by atoms with Gasteiger partial charge in [-0.1, -0.05) is 72.3 Å². The molecule has 3 rings (SSSR count). The summed E-state index contributed by atoms with van der Waals surface area (Å²) in [6.07, 6.45) is 2.78. The quantitative estimate of drug-likeness (QED) is 0.628. The number of allylic oxidation sites excluding steroid dienone is 1. The van der Waals surface area contributed by atoms with Crippen LogP contribution in [0.5, 0.6) is 0 Å². The molecule has 1 aliphatic carbocycles. The first kappa shape index (κ1) is 14.6. The molecule has 0 amide bonds. The van der Waals surface area contributed by atoms with Crippen LogP contribution in [-0.2, 0) is 14.9 Å². The number of ether oxygens (including phenoxy) is 1. The molecule has 2 heteroatoms. The van der Waals surface area contributed by atoms with E-state index in [1.54, 1.807) is 0 Å². The standard InChI is InChI=1S/C20H20O2/c1-15-13-16(19(21)22-2)14-20(15,17-9-5-3-6-10-17)18-11-7-4-8-12-18/h3-13,16H,14H2,1-2H3. The highest BCUT2D eigenvalue weighted by Crippen LogP contribution is 2.49. The van der Waals surface area contributed by atoms with Gasteiger partial charge in [0.25, 0.3) is 0 Å². The first-order valence-corrected chi connectivity index (χ1v) is 7.56. The van der Waals surface area contributed by atoms with Crippen molar-refractivity contribution in [3.05, 3.63) is 83.4 Å². The van der Waals surface area contributed by atoms with Gasteiger partial charge in [0, 0.05) is 5.41 Å². The smallest absolute Gasteiger partial charge is 0.312 e. The van der Waals surface area contributed by atoms with Crippen molar-refractivity contribution in [1.29, 1.82) is 0 Å². The van der Waals surface area contributed by atoms with Crippen LogP contribution in [0.15, 0.2) is 72.3 Å². The molecular formula is C20H20O2. The number of methoxy groups -OCH3 is 1. The molecule has 1 aliphatic rings. The lowest BCUT2D eigenvalue weighted by Crippen LogP contribution is -2.28. The van der Waals surface area contributed by atoms with E-state index in [1.165, 1.54) is 23.8 Å². The summed E-state index contributed by atoms with van der Waals surface area (Å²) in [7, 11) is 1.45. The zero-order chi connectivity index (χ0) is 15.6. The monoisotopic (exact) mass is 292 g/mol. The molecule has 0 N–H and O–H groups in total. The fourth-order valence-corrected chi connectivity index (χ4v) is 3.60. The van der Waals surface area contributed by atoms with Crippen LogP contribution in [0.4, 0.5) is 0 Å². The molecule has 0 aromatic heterocycles. The Bertz CT molecular complexity index is 647. The van der Waals surface area contributed by atoms with E-state index in [0.29, 0.717) is 0 Å². The summed E-state index contributed by atoms with van der Waals surface area (Å²) < 4.78 is 4.96. The van der Waals surface area contributed by atoms with Gasteiger partial charge in [0.1, 0.15) is 0 Å². The van der Waals surface area contributed by atoms with Crippen LogP contribution in [0.25, 0.3) is 0 Å². The van der Waals surface area contributed by atoms with Gasteiger partial charge in [-0.25, -0.2) is 0 Å². The van der Waals surface area contributed by atoms with E-state index in [9.17, 15) is 4.79 Å². The minimum Gasteiger partial charge on any atom is -0.469 e. The number of esters is 1. The summed E-state index contributed by atoms with van der Waals surface area (Å²) in [5.41, 5.74) is 3.41. The van der Waals surface area contributed by atoms with E-state index in [1.807, 2.05) is 12.1 Å². The van der Waals surface area contributed by atoms with E-state index < -0.39 is 0 Å². The Morgan fingerprint density at radius 2 is 1.50 bits per heavy atom. The highest BCUT2D eigenvalue weighted by Gasteiger charge is 2.44. The average molecular weight is 292 g/mol. The summed E-state index contributed by atoms with van der Waals surface area (Å²) in [6, 6.07) is 20.8. The predicted octanol–water partition coefficient (Wildman–Crippen LogP) is 4.11. The van der Waals surface area contributed by atoms with E-state index in [0.717, 1.165) is 6.42 Å². The highest BCUT2D eigenvalue weighted by atomic mass is 16.5. The van der Waals surface area contributed by atoms with Crippen molar-refractivity contribution in [3.63, 3.8) is 0 Å². The first-order valence-electron chi connectivity index (χ1n) is 7.56. The Morgan fingerprint density at radius 1 is 1.00 bits per heavy atom. The fraction of sp³-hybridized carbons (Fsp3) is 0.250. The van der Waals surface area contributed by atoms with E-state index in [4.69, 9.17) is 4.74 Å². The number of benzene rings is 2. The molecule has 1 atom stereocenters. The van der Waals surface area contributed by atoms with Crippen LogP contribution >= 0.6 is 0 Å². The van der Waals surface area contributed by atoms with Gasteiger partial charge < -0.3 is 4.74 Å². The fourth-order valence-electron chi connectivity index (χ4n) is 3.60. The summed E-state index contributed by atoms with van der Waals surface area (Å²) >= 11 is 0. The normalized spacial score (nSPS) is 19.5. The third-order valence-electron chi connectivity index (χ3n) is 4.69. The van der Waals surface area contributed by atoms with Crippen molar-refractivity contribution in [2.45, 2.75) is 18.8 Å². The topological polar surface area (TPSA) is 26.3 Å². The zero-order valence-electron chi connectivity index (χ0n) is 13.0. The van der Waals surface area contributed by atoms with Crippen molar-refractivity contribution in [2.75, 3.05) is 7.11 Å². The molecule has 1 unspecified atom stereocenters. The van der Waals surface area contributed by atoms with Gasteiger partial charge in [0.05, 0.1) is 13.0 Å². The Labute approximate surface area is 131 Å². The van der Waals surface area contributed by atoms with Crippen LogP contribution in [0.2, 0.25) is 0 Å². The van der Waals surface area contributed by atoms with Gasteiger partial charge in [-0.3, -0.25) is 4.79 Å². The second-order valence-electron chi connectivity index (χ2n) is 5.82. The summed E-state index contributed by atoms with van der Waals surface area (Å²) in [6.45, 7) is 2.11. The van der Waals surface area contributed by atoms with Gasteiger partial charge in [0.2, 0.25) is 0 Å². The number of carbonyl (C=O) groups is 1. The summed E-state index contributed by atoms with van der Waals surface area (Å²) in [5.74, 6) is -0.349. The van der Waals surface area contributed by atoms with Crippen molar-refractivity contribution in [2.24, 2.45) is 5.92 Å². The molecule has 2 aromatic rings. The SMILES string of the molecule is COC(=O)C1C=C(C)C(c2ccccc2)(c2ccccc2)C1. The lowest BCUT2D eigenvalue weighted by Gasteiger charge is -2.33. The summed E-state index contributed by atoms with van der Waals surface area (Å²) in [4.78, 5) is 12.0. The lowest BCUT2D eigenvalue weighted by molar-refractivity contribution is -0.143. The second kappa shape index (κ2) is 5.80. The molecule has 0 saturated carbocycles. The number of hydrogen-bond acceptors (Lipinski definition) is 2. The molecule has 0 heterocycles. The largest absolute Gasteiger partial charge is 0.469 e. The lowest BCUT2D eigenvalue weighted by atomic mass is 9.69. The third-order valence-corrected chi connectivity index (χ3v) is 4.69. The van der Waals surface area contributed by atoms with Crippen LogP contribution in [0.3, 0.4) is 0 Å². The van der Waals surface area contributed by atoms with E-state index in [-0.39, 0.29) is 17.3 Å². The Kier molecular flexibility index (Phi) is 3.84. The Morgan fingerprint density at radius 3 is 1.95 bits per heavy atom. The van der Waals surface area contributed by atoms with Crippen molar-refractivity contribution in [3.8, 4) is 0 Å². The molecule has 0 saturated heterocycles. The van der Waals surface area contributed by atoms with E-state index in [2.05, 4.69) is 61.5 Å². The van der Waals surface area contributed by atoms with Crippen molar-refractivity contribution < 1.29 is 9.53 Å². The molecule has 112 valence electrons. The van der Waals surface area contributed by atoms with Crippen molar-refractivity contribution in [1.82, 2.24) is 0 Å². The van der Waals surface area contributed by atoms with Crippen LogP contribution < -0.4 is 0 Å².